The van der Waals surface area contributed by atoms with Crippen molar-refractivity contribution in [1.82, 2.24) is 0 Å². The number of hydrogen-bond donors (Lipinski definition) is 0. The molecule has 4 fully saturated rings. The minimum atomic E-state index is -0.803. The molecule has 1 aromatic carbocycles. The molecule has 9 heteroatoms. The Labute approximate surface area is 169 Å². The Morgan fingerprint density at radius 3 is 2.45 bits per heavy atom. The number of halogens is 2. The van der Waals surface area contributed by atoms with Crippen LogP contribution in [0.2, 0.25) is 0 Å². The van der Waals surface area contributed by atoms with E-state index in [0.717, 1.165) is 25.0 Å². The maximum atomic E-state index is 14.7. The Bertz CT molecular complexity index is 881. The van der Waals surface area contributed by atoms with Crippen LogP contribution in [0.5, 0.6) is 0 Å². The molecule has 1 amide bonds. The number of Topliss-reactive ketones (excluding diaryl/α,β-unsaturated/α-hetero) is 1. The van der Waals surface area contributed by atoms with Gasteiger partial charge in [-0.1, -0.05) is 0 Å². The molecule has 3 heterocycles. The van der Waals surface area contributed by atoms with E-state index >= 15 is 0 Å². The first-order valence-corrected chi connectivity index (χ1v) is 11.4. The van der Waals surface area contributed by atoms with Gasteiger partial charge in [-0.05, 0) is 19.3 Å². The molecule has 6 nitrogen and oxygen atoms in total. The average molecular weight is 424 g/mol. The molecule has 4 aliphatic rings. The number of rotatable bonds is 6. The fourth-order valence-corrected chi connectivity index (χ4v) is 6.20. The van der Waals surface area contributed by atoms with Crippen molar-refractivity contribution < 1.29 is 27.3 Å². The fourth-order valence-electron chi connectivity index (χ4n) is 4.55. The molecule has 156 valence electrons. The topological polar surface area (TPSA) is 66.9 Å². The number of anilines is 2. The third kappa shape index (κ3) is 3.43. The summed E-state index contributed by atoms with van der Waals surface area (Å²) >= 11 is 0. The molecule has 0 N–H and O–H groups in total. The van der Waals surface area contributed by atoms with Crippen molar-refractivity contribution in [2.75, 3.05) is 40.9 Å². The van der Waals surface area contributed by atoms with Gasteiger partial charge in [0.05, 0.1) is 12.2 Å². The molecule has 0 bridgehead atoms. The van der Waals surface area contributed by atoms with E-state index in [-0.39, 0.29) is 35.0 Å². The summed E-state index contributed by atoms with van der Waals surface area (Å²) in [6.07, 6.45) is 1.57. The third-order valence-corrected chi connectivity index (χ3v) is 8.10. The van der Waals surface area contributed by atoms with E-state index in [0.29, 0.717) is 37.4 Å². The van der Waals surface area contributed by atoms with E-state index in [9.17, 15) is 22.6 Å². The highest BCUT2D eigenvalue weighted by molar-refractivity contribution is 7.86. The summed E-state index contributed by atoms with van der Waals surface area (Å²) in [6, 6.07) is 2.31. The first-order valence-electron chi connectivity index (χ1n) is 9.93. The lowest BCUT2D eigenvalue weighted by atomic mass is 9.82. The van der Waals surface area contributed by atoms with Crippen LogP contribution in [0, 0.1) is 23.0 Å². The van der Waals surface area contributed by atoms with Gasteiger partial charge in [0, 0.05) is 65.3 Å². The second-order valence-electron chi connectivity index (χ2n) is 8.74. The Morgan fingerprint density at radius 1 is 1.21 bits per heavy atom. The number of carbonyl (C=O) groups is 2. The highest BCUT2D eigenvalue weighted by Gasteiger charge is 2.52. The number of amides is 1. The zero-order chi connectivity index (χ0) is 20.3. The first kappa shape index (κ1) is 19.0. The Morgan fingerprint density at radius 2 is 1.86 bits per heavy atom. The van der Waals surface area contributed by atoms with E-state index < -0.39 is 34.6 Å². The van der Waals surface area contributed by atoms with Crippen molar-refractivity contribution >= 4 is 34.1 Å². The maximum absolute atomic E-state index is 14.7. The van der Waals surface area contributed by atoms with Crippen molar-refractivity contribution in [2.24, 2.45) is 11.3 Å². The number of hydrogen-bond acceptors (Lipinski definition) is 5. The monoisotopic (exact) mass is 424 g/mol. The number of ether oxygens (including phenoxy) is 1. The normalized spacial score (nSPS) is 25.7. The molecule has 1 atom stereocenters. The fraction of sp³-hybridized carbons (Fsp3) is 0.600. The minimum absolute atomic E-state index is 0.0632. The lowest BCUT2D eigenvalue weighted by Gasteiger charge is -2.55. The summed E-state index contributed by atoms with van der Waals surface area (Å²) in [7, 11) is -0.803. The van der Waals surface area contributed by atoms with Crippen LogP contribution in [0.15, 0.2) is 12.1 Å². The zero-order valence-corrected chi connectivity index (χ0v) is 16.7. The molecular weight excluding hydrogens is 402 g/mol. The van der Waals surface area contributed by atoms with Crippen molar-refractivity contribution in [3.8, 4) is 0 Å². The number of cyclic esters (lactones) is 1. The molecule has 1 aliphatic carbocycles. The van der Waals surface area contributed by atoms with Crippen LogP contribution in [0.3, 0.4) is 0 Å². The zero-order valence-electron chi connectivity index (χ0n) is 15.9. The highest BCUT2D eigenvalue weighted by atomic mass is 32.2. The Hall–Kier alpha value is -2.03. The van der Waals surface area contributed by atoms with Gasteiger partial charge in [0.2, 0.25) is 0 Å². The standard InChI is InChI=1S/C20H22F2N2O4S/c21-15-5-13(6-16(22)18(15)23-8-20(9-23)10-29(27)11-20)24-7-14(28-19(24)26)3-4-17(25)12-1-2-12/h5-6,12,14H,1-4,7-11H2/t14-/m0/s1. The van der Waals surface area contributed by atoms with Crippen molar-refractivity contribution in [3.05, 3.63) is 23.8 Å². The summed E-state index contributed by atoms with van der Waals surface area (Å²) in [5, 5.41) is 0. The molecule has 1 saturated carbocycles. The van der Waals surface area contributed by atoms with E-state index in [2.05, 4.69) is 0 Å². The highest BCUT2D eigenvalue weighted by Crippen LogP contribution is 2.44. The quantitative estimate of drug-likeness (QED) is 0.702. The molecule has 0 aromatic heterocycles. The van der Waals surface area contributed by atoms with Gasteiger partial charge in [-0.25, -0.2) is 13.6 Å². The van der Waals surface area contributed by atoms with Crippen LogP contribution in [0.1, 0.15) is 25.7 Å². The molecule has 1 spiro atoms. The molecule has 0 radical (unpaired) electrons. The second kappa shape index (κ2) is 6.75. The first-order chi connectivity index (χ1) is 13.8. The largest absolute Gasteiger partial charge is 0.444 e. The van der Waals surface area contributed by atoms with Gasteiger partial charge in [-0.2, -0.15) is 0 Å². The van der Waals surface area contributed by atoms with Gasteiger partial charge < -0.3 is 9.64 Å². The number of carbonyl (C=O) groups excluding carboxylic acids is 2. The van der Waals surface area contributed by atoms with Crippen LogP contribution < -0.4 is 9.80 Å². The van der Waals surface area contributed by atoms with Gasteiger partial charge in [0.15, 0.2) is 11.6 Å². The molecule has 3 saturated heterocycles. The van der Waals surface area contributed by atoms with E-state index in [1.807, 2.05) is 0 Å². The summed E-state index contributed by atoms with van der Waals surface area (Å²) < 4.78 is 46.0. The summed E-state index contributed by atoms with van der Waals surface area (Å²) in [5.74, 6) is 0.0958. The van der Waals surface area contributed by atoms with Gasteiger partial charge in [0.25, 0.3) is 0 Å². The lowest BCUT2D eigenvalue weighted by Crippen LogP contribution is -2.67. The maximum Gasteiger partial charge on any atom is 0.414 e. The van der Waals surface area contributed by atoms with Crippen molar-refractivity contribution in [2.45, 2.75) is 31.8 Å². The Kier molecular flexibility index (Phi) is 4.42. The van der Waals surface area contributed by atoms with Gasteiger partial charge in [-0.15, -0.1) is 0 Å². The van der Waals surface area contributed by atoms with Gasteiger partial charge >= 0.3 is 6.09 Å². The van der Waals surface area contributed by atoms with E-state index in [4.69, 9.17) is 4.74 Å². The van der Waals surface area contributed by atoms with Crippen molar-refractivity contribution in [1.29, 1.82) is 0 Å². The summed E-state index contributed by atoms with van der Waals surface area (Å²) in [5.41, 5.74) is -0.0484. The molecule has 1 aromatic rings. The molecule has 3 aliphatic heterocycles. The van der Waals surface area contributed by atoms with Gasteiger partial charge in [-0.3, -0.25) is 13.9 Å². The number of benzene rings is 1. The van der Waals surface area contributed by atoms with Crippen LogP contribution >= 0.6 is 0 Å². The predicted octanol–water partition coefficient (Wildman–Crippen LogP) is 2.62. The van der Waals surface area contributed by atoms with Crippen LogP contribution in [-0.2, 0) is 20.3 Å². The SMILES string of the molecule is O=C(CC[C@H]1CN(c2cc(F)c(N3CC4(C3)CS(=O)C4)c(F)c2)C(=O)O1)C1CC1. The van der Waals surface area contributed by atoms with Crippen molar-refractivity contribution in [3.63, 3.8) is 0 Å². The average Bonchev–Trinajstić information content (AvgIpc) is 3.38. The van der Waals surface area contributed by atoms with Crippen LogP contribution in [0.4, 0.5) is 25.0 Å². The van der Waals surface area contributed by atoms with E-state index in [1.165, 1.54) is 4.90 Å². The lowest BCUT2D eigenvalue weighted by molar-refractivity contribution is -0.120. The molecular formula is C20H22F2N2O4S. The van der Waals surface area contributed by atoms with Crippen LogP contribution in [0.25, 0.3) is 0 Å². The predicted molar refractivity (Wildman–Crippen MR) is 103 cm³/mol. The smallest absolute Gasteiger partial charge is 0.414 e. The number of ketones is 1. The third-order valence-electron chi connectivity index (χ3n) is 6.24. The Balaban J connectivity index is 1.25. The molecule has 0 unspecified atom stereocenters. The van der Waals surface area contributed by atoms with E-state index in [1.54, 1.807) is 4.90 Å². The van der Waals surface area contributed by atoms with Crippen LogP contribution in [-0.4, -0.2) is 53.3 Å². The molecule has 29 heavy (non-hydrogen) atoms. The molecule has 5 rings (SSSR count). The summed E-state index contributed by atoms with van der Waals surface area (Å²) in [4.78, 5) is 26.9. The minimum Gasteiger partial charge on any atom is -0.444 e. The summed E-state index contributed by atoms with van der Waals surface area (Å²) in [6.45, 7) is 1.16. The second-order valence-corrected chi connectivity index (χ2v) is 10.2. The van der Waals surface area contributed by atoms with Gasteiger partial charge in [0.1, 0.15) is 17.6 Å². The number of nitrogens with zero attached hydrogens (tertiary/aromatic N) is 2.